The van der Waals surface area contributed by atoms with Gasteiger partial charge in [0.05, 0.1) is 8.98 Å². The number of hydrogen-bond donors (Lipinski definition) is 0. The topological polar surface area (TPSA) is 0 Å². The zero-order valence-corrected chi connectivity index (χ0v) is 6.95. The summed E-state index contributed by atoms with van der Waals surface area (Å²) in [6.45, 7) is 6.17. The Balaban J connectivity index is 0. The van der Waals surface area contributed by atoms with Gasteiger partial charge < -0.3 is 0 Å². The molecule has 8 heavy (non-hydrogen) atoms. The molecule has 0 fully saturated rings. The highest BCUT2D eigenvalue weighted by molar-refractivity contribution is 6.55. The fourth-order valence-electron chi connectivity index (χ4n) is 0. The van der Waals surface area contributed by atoms with E-state index >= 15 is 0 Å². The van der Waals surface area contributed by atoms with Crippen molar-refractivity contribution in [2.24, 2.45) is 0 Å². The number of hydrogen-bond acceptors (Lipinski definition) is 0. The quantitative estimate of drug-likeness (QED) is 0.548. The van der Waals surface area contributed by atoms with E-state index in [1.165, 1.54) is 0 Å². The minimum absolute atomic E-state index is 0.111. The lowest BCUT2D eigenvalue weighted by Gasteiger charge is -1.57. The van der Waals surface area contributed by atoms with Gasteiger partial charge in [-0.2, -0.15) is 0 Å². The van der Waals surface area contributed by atoms with E-state index in [-0.39, 0.29) is 8.98 Å². The normalized spacial score (nSPS) is 6.50. The average Bonchev–Trinajstić information content (AvgIpc) is 1.25. The van der Waals surface area contributed by atoms with Gasteiger partial charge in [0.2, 0.25) is 0 Å². The van der Waals surface area contributed by atoms with E-state index in [0.29, 0.717) is 0 Å². The van der Waals surface area contributed by atoms with Crippen LogP contribution in [0.15, 0.2) is 22.1 Å². The third-order valence-electron chi connectivity index (χ3n) is 0. The summed E-state index contributed by atoms with van der Waals surface area (Å²) in [6, 6.07) is 0. The fourth-order valence-corrected chi connectivity index (χ4v) is 0. The maximum atomic E-state index is 4.85. The first-order valence-corrected chi connectivity index (χ1v) is 2.97. The lowest BCUT2D eigenvalue weighted by Crippen LogP contribution is -1.24. The van der Waals surface area contributed by atoms with Crippen molar-refractivity contribution in [1.29, 1.82) is 0 Å². The van der Waals surface area contributed by atoms with Crippen LogP contribution in [0.2, 0.25) is 0 Å². The van der Waals surface area contributed by atoms with Crippen LogP contribution in [-0.4, -0.2) is 0 Å². The Bertz CT molecular complexity index is 66.0. The van der Waals surface area contributed by atoms with Crippen molar-refractivity contribution in [3.05, 3.63) is 22.1 Å². The zero-order valence-electron chi connectivity index (χ0n) is 3.93. The van der Waals surface area contributed by atoms with E-state index < -0.39 is 0 Å². The molecule has 0 amide bonds. The van der Waals surface area contributed by atoms with Crippen molar-refractivity contribution in [2.45, 2.75) is 0 Å². The summed E-state index contributed by atoms with van der Waals surface area (Å²) in [7, 11) is 0. The van der Waals surface area contributed by atoms with Crippen LogP contribution in [0, 0.1) is 0 Å². The predicted octanol–water partition coefficient (Wildman–Crippen LogP) is 3.87. The van der Waals surface area contributed by atoms with Gasteiger partial charge in [0.25, 0.3) is 0 Å². The Labute approximate surface area is 68.7 Å². The van der Waals surface area contributed by atoms with Crippen LogP contribution in [0.1, 0.15) is 0 Å². The molecule has 0 aromatic heterocycles. The van der Waals surface area contributed by atoms with Gasteiger partial charge in [-0.25, -0.2) is 0 Å². The molecule has 0 aliphatic heterocycles. The molecule has 48 valence electrons. The molecule has 0 unspecified atom stereocenters. The summed E-state index contributed by atoms with van der Waals surface area (Å²) < 4.78 is 0.222. The molecular formula is C4H4Cl4. The van der Waals surface area contributed by atoms with Crippen molar-refractivity contribution in [2.75, 3.05) is 0 Å². The van der Waals surface area contributed by atoms with Crippen LogP contribution in [0.25, 0.3) is 0 Å². The third kappa shape index (κ3) is 516. The molecule has 0 aliphatic rings. The van der Waals surface area contributed by atoms with Crippen molar-refractivity contribution >= 4 is 46.4 Å². The van der Waals surface area contributed by atoms with Gasteiger partial charge in [-0.05, 0) is 0 Å². The Morgan fingerprint density at radius 1 is 0.750 bits per heavy atom. The molecule has 0 aliphatic carbocycles. The van der Waals surface area contributed by atoms with E-state index in [4.69, 9.17) is 46.4 Å². The number of halogens is 4. The minimum atomic E-state index is 0.111. The van der Waals surface area contributed by atoms with E-state index in [1.54, 1.807) is 0 Å². The molecule has 0 N–H and O–H groups in total. The minimum Gasteiger partial charge on any atom is -0.0716 e. The summed E-state index contributed by atoms with van der Waals surface area (Å²) in [5, 5.41) is 0. The summed E-state index contributed by atoms with van der Waals surface area (Å²) in [5.74, 6) is 0. The Morgan fingerprint density at radius 2 is 0.750 bits per heavy atom. The predicted molar refractivity (Wildman–Crippen MR) is 41.7 cm³/mol. The van der Waals surface area contributed by atoms with Gasteiger partial charge in [-0.3, -0.25) is 0 Å². The molecule has 4 heteroatoms. The standard InChI is InChI=1S/2C2H2Cl2/c2*1-2(3)4/h2*1H2. The molecule has 0 nitrogen and oxygen atoms in total. The first-order chi connectivity index (χ1) is 3.46. The van der Waals surface area contributed by atoms with Crippen LogP contribution in [0.4, 0.5) is 0 Å². The molecule has 0 atom stereocenters. The molecule has 0 aromatic carbocycles. The third-order valence-corrected chi connectivity index (χ3v) is 0. The summed E-state index contributed by atoms with van der Waals surface area (Å²) in [5.41, 5.74) is 0. The second kappa shape index (κ2) is 7.64. The molecule has 0 radical (unpaired) electrons. The van der Waals surface area contributed by atoms with Gasteiger partial charge in [0.15, 0.2) is 0 Å². The number of rotatable bonds is 0. The van der Waals surface area contributed by atoms with Crippen molar-refractivity contribution in [3.8, 4) is 0 Å². The molecule has 0 aromatic rings. The first kappa shape index (κ1) is 11.4. The van der Waals surface area contributed by atoms with Crippen LogP contribution in [0.3, 0.4) is 0 Å². The maximum Gasteiger partial charge on any atom is 0.0992 e. The molecule has 0 spiro atoms. The summed E-state index contributed by atoms with van der Waals surface area (Å²) in [4.78, 5) is 0. The fraction of sp³-hybridized carbons (Fsp3) is 0. The van der Waals surface area contributed by atoms with Crippen LogP contribution >= 0.6 is 46.4 Å². The second-order valence-corrected chi connectivity index (χ2v) is 2.89. The molecular weight excluding hydrogens is 190 g/mol. The highest BCUT2D eigenvalue weighted by Crippen LogP contribution is 1.98. The average molecular weight is 194 g/mol. The van der Waals surface area contributed by atoms with Gasteiger partial charge in [-0.1, -0.05) is 59.6 Å². The molecule has 0 saturated heterocycles. The van der Waals surface area contributed by atoms with Gasteiger partial charge >= 0.3 is 0 Å². The summed E-state index contributed by atoms with van der Waals surface area (Å²) >= 11 is 19.4. The molecule has 0 bridgehead atoms. The van der Waals surface area contributed by atoms with Crippen molar-refractivity contribution < 1.29 is 0 Å². The van der Waals surface area contributed by atoms with Crippen LogP contribution < -0.4 is 0 Å². The SMILES string of the molecule is C=C(Cl)Cl.C=C(Cl)Cl. The van der Waals surface area contributed by atoms with Gasteiger partial charge in [-0.15, -0.1) is 0 Å². The van der Waals surface area contributed by atoms with Crippen molar-refractivity contribution in [3.63, 3.8) is 0 Å². The lowest BCUT2D eigenvalue weighted by atomic mass is 11.3. The Morgan fingerprint density at radius 3 is 0.750 bits per heavy atom. The van der Waals surface area contributed by atoms with Crippen LogP contribution in [0.5, 0.6) is 0 Å². The largest absolute Gasteiger partial charge is 0.0992 e. The van der Waals surface area contributed by atoms with Gasteiger partial charge in [0.1, 0.15) is 0 Å². The molecule has 0 rings (SSSR count). The van der Waals surface area contributed by atoms with Crippen molar-refractivity contribution in [1.82, 2.24) is 0 Å². The van der Waals surface area contributed by atoms with Crippen LogP contribution in [-0.2, 0) is 0 Å². The van der Waals surface area contributed by atoms with E-state index in [1.807, 2.05) is 0 Å². The molecule has 0 saturated carbocycles. The van der Waals surface area contributed by atoms with E-state index in [0.717, 1.165) is 0 Å². The zero-order chi connectivity index (χ0) is 7.15. The monoisotopic (exact) mass is 192 g/mol. The van der Waals surface area contributed by atoms with Gasteiger partial charge in [0, 0.05) is 0 Å². The maximum absolute atomic E-state index is 4.85. The summed E-state index contributed by atoms with van der Waals surface area (Å²) in [6.07, 6.45) is 0. The smallest absolute Gasteiger partial charge is 0.0716 e. The first-order valence-electron chi connectivity index (χ1n) is 1.46. The highest BCUT2D eigenvalue weighted by Gasteiger charge is 1.60. The second-order valence-electron chi connectivity index (χ2n) is 0.677. The Kier molecular flexibility index (Phi) is 10.9. The van der Waals surface area contributed by atoms with E-state index in [9.17, 15) is 0 Å². The lowest BCUT2D eigenvalue weighted by molar-refractivity contribution is 2.45. The highest BCUT2D eigenvalue weighted by atomic mass is 35.5. The van der Waals surface area contributed by atoms with E-state index in [2.05, 4.69) is 13.2 Å². The Hall–Kier alpha value is 0.640. The molecule has 0 heterocycles.